The van der Waals surface area contributed by atoms with E-state index >= 15 is 0 Å². The van der Waals surface area contributed by atoms with E-state index in [4.69, 9.17) is 9.15 Å². The van der Waals surface area contributed by atoms with Gasteiger partial charge in [0.15, 0.2) is 0 Å². The van der Waals surface area contributed by atoms with Gasteiger partial charge in [0.05, 0.1) is 6.26 Å². The number of allylic oxidation sites excluding steroid dienone is 1. The first-order valence-corrected chi connectivity index (χ1v) is 10.1. The van der Waals surface area contributed by atoms with Crippen LogP contribution in [0.25, 0.3) is 0 Å². The first kappa shape index (κ1) is 19.3. The molecule has 1 aromatic rings. The van der Waals surface area contributed by atoms with Crippen LogP contribution in [0, 0.1) is 22.7 Å². The number of hydrogen-bond donors (Lipinski definition) is 0. The van der Waals surface area contributed by atoms with Crippen molar-refractivity contribution < 1.29 is 13.9 Å². The quantitative estimate of drug-likeness (QED) is 0.473. The zero-order valence-corrected chi connectivity index (χ0v) is 16.9. The molecular formula is C23H34O3. The van der Waals surface area contributed by atoms with Gasteiger partial charge in [0.2, 0.25) is 0 Å². The van der Waals surface area contributed by atoms with E-state index in [9.17, 15) is 4.79 Å². The van der Waals surface area contributed by atoms with Gasteiger partial charge in [0.25, 0.3) is 0 Å². The molecule has 0 radical (unpaired) electrons. The Bertz CT molecular complexity index is 669. The van der Waals surface area contributed by atoms with Gasteiger partial charge in [-0.1, -0.05) is 39.3 Å². The standard InChI is InChI=1S/C23H34O3/c1-16-7-10-21-22(3,4)12-6-13-23(21,5)19(16)8-9-20-18(11-14-25-20)15-26-17(2)24/h11,14,19,21H,1,6-10,12-13,15H2,2-5H3/t19-,21-,23+/m0/s1. The minimum absolute atomic E-state index is 0.252. The van der Waals surface area contributed by atoms with Crippen LogP contribution in [-0.4, -0.2) is 5.97 Å². The number of furan rings is 1. The van der Waals surface area contributed by atoms with Gasteiger partial charge in [-0.25, -0.2) is 0 Å². The van der Waals surface area contributed by atoms with Crippen LogP contribution in [0.1, 0.15) is 77.5 Å². The molecule has 2 fully saturated rings. The van der Waals surface area contributed by atoms with Gasteiger partial charge in [-0.2, -0.15) is 0 Å². The summed E-state index contributed by atoms with van der Waals surface area (Å²) in [5.41, 5.74) is 3.19. The molecule has 0 spiro atoms. The Kier molecular flexibility index (Phi) is 5.37. The zero-order valence-electron chi connectivity index (χ0n) is 16.9. The van der Waals surface area contributed by atoms with Crippen molar-refractivity contribution in [3.63, 3.8) is 0 Å². The fraction of sp³-hybridized carbons (Fsp3) is 0.696. The summed E-state index contributed by atoms with van der Waals surface area (Å²) >= 11 is 0. The average molecular weight is 359 g/mol. The van der Waals surface area contributed by atoms with Gasteiger partial charge < -0.3 is 9.15 Å². The molecule has 3 nitrogen and oxygen atoms in total. The lowest BCUT2D eigenvalue weighted by molar-refractivity contribution is -0.142. The molecule has 0 bridgehead atoms. The molecule has 26 heavy (non-hydrogen) atoms. The van der Waals surface area contributed by atoms with Crippen molar-refractivity contribution in [1.82, 2.24) is 0 Å². The summed E-state index contributed by atoms with van der Waals surface area (Å²) < 4.78 is 10.9. The predicted octanol–water partition coefficient (Wildman–Crippen LogP) is 6.07. The third kappa shape index (κ3) is 3.63. The van der Waals surface area contributed by atoms with E-state index in [1.807, 2.05) is 6.07 Å². The summed E-state index contributed by atoms with van der Waals surface area (Å²) in [7, 11) is 0. The zero-order chi connectivity index (χ0) is 18.9. The Morgan fingerprint density at radius 2 is 2.12 bits per heavy atom. The third-order valence-electron chi connectivity index (χ3n) is 7.25. The molecule has 3 rings (SSSR count). The third-order valence-corrected chi connectivity index (χ3v) is 7.25. The van der Waals surface area contributed by atoms with Crippen LogP contribution in [-0.2, 0) is 22.6 Å². The topological polar surface area (TPSA) is 39.4 Å². The highest BCUT2D eigenvalue weighted by atomic mass is 16.5. The SMILES string of the molecule is C=C1CC[C@H]2C(C)(C)CCC[C@]2(C)[C@H]1CCc1occc1COC(C)=O. The van der Waals surface area contributed by atoms with E-state index in [0.717, 1.165) is 36.5 Å². The van der Waals surface area contributed by atoms with E-state index in [-0.39, 0.29) is 5.97 Å². The number of carbonyl (C=O) groups excluding carboxylic acids is 1. The predicted molar refractivity (Wildman–Crippen MR) is 104 cm³/mol. The fourth-order valence-corrected chi connectivity index (χ4v) is 5.98. The lowest BCUT2D eigenvalue weighted by atomic mass is 9.47. The van der Waals surface area contributed by atoms with Gasteiger partial charge in [-0.15, -0.1) is 0 Å². The van der Waals surface area contributed by atoms with Gasteiger partial charge in [-0.05, 0) is 60.8 Å². The van der Waals surface area contributed by atoms with Crippen LogP contribution in [0.4, 0.5) is 0 Å². The molecule has 2 aliphatic rings. The molecule has 144 valence electrons. The fourth-order valence-electron chi connectivity index (χ4n) is 5.98. The maximum atomic E-state index is 11.1. The molecule has 2 saturated carbocycles. The van der Waals surface area contributed by atoms with E-state index in [0.29, 0.717) is 23.4 Å². The van der Waals surface area contributed by atoms with Crippen molar-refractivity contribution in [2.75, 3.05) is 0 Å². The summed E-state index contributed by atoms with van der Waals surface area (Å²) in [4.78, 5) is 11.1. The van der Waals surface area contributed by atoms with E-state index < -0.39 is 0 Å². The largest absolute Gasteiger partial charge is 0.469 e. The Morgan fingerprint density at radius 1 is 1.35 bits per heavy atom. The Hall–Kier alpha value is -1.51. The molecule has 0 saturated heterocycles. The van der Waals surface area contributed by atoms with Crippen LogP contribution < -0.4 is 0 Å². The molecule has 3 atom stereocenters. The Morgan fingerprint density at radius 3 is 2.85 bits per heavy atom. The van der Waals surface area contributed by atoms with Crippen LogP contribution in [0.5, 0.6) is 0 Å². The second-order valence-corrected chi connectivity index (χ2v) is 9.34. The average Bonchev–Trinajstić information content (AvgIpc) is 2.98. The second kappa shape index (κ2) is 7.25. The van der Waals surface area contributed by atoms with Crippen molar-refractivity contribution in [2.45, 2.75) is 79.2 Å². The van der Waals surface area contributed by atoms with Crippen molar-refractivity contribution >= 4 is 5.97 Å². The minimum Gasteiger partial charge on any atom is -0.469 e. The number of aryl methyl sites for hydroxylation is 1. The van der Waals surface area contributed by atoms with Crippen LogP contribution in [0.15, 0.2) is 28.9 Å². The number of rotatable bonds is 5. The van der Waals surface area contributed by atoms with E-state index in [1.165, 1.54) is 38.2 Å². The first-order chi connectivity index (χ1) is 12.2. The number of hydrogen-bond acceptors (Lipinski definition) is 3. The van der Waals surface area contributed by atoms with Crippen molar-refractivity contribution in [2.24, 2.45) is 22.7 Å². The van der Waals surface area contributed by atoms with Gasteiger partial charge in [0, 0.05) is 18.9 Å². The highest BCUT2D eigenvalue weighted by molar-refractivity contribution is 5.65. The molecule has 1 heterocycles. The monoisotopic (exact) mass is 358 g/mol. The molecule has 0 aromatic carbocycles. The molecule has 1 aromatic heterocycles. The smallest absolute Gasteiger partial charge is 0.302 e. The molecule has 3 heteroatoms. The minimum atomic E-state index is -0.252. The Labute approximate surface area is 158 Å². The summed E-state index contributed by atoms with van der Waals surface area (Å²) in [5, 5.41) is 0. The molecular weight excluding hydrogens is 324 g/mol. The number of esters is 1. The van der Waals surface area contributed by atoms with Crippen molar-refractivity contribution in [3.05, 3.63) is 35.8 Å². The first-order valence-electron chi connectivity index (χ1n) is 10.1. The van der Waals surface area contributed by atoms with Crippen molar-refractivity contribution in [3.8, 4) is 0 Å². The van der Waals surface area contributed by atoms with Crippen molar-refractivity contribution in [1.29, 1.82) is 0 Å². The van der Waals surface area contributed by atoms with Gasteiger partial charge in [0.1, 0.15) is 12.4 Å². The van der Waals surface area contributed by atoms with Crippen LogP contribution >= 0.6 is 0 Å². The molecule has 0 aliphatic heterocycles. The van der Waals surface area contributed by atoms with Crippen LogP contribution in [0.2, 0.25) is 0 Å². The highest BCUT2D eigenvalue weighted by Gasteiger charge is 2.52. The summed E-state index contributed by atoms with van der Waals surface area (Å²) in [5.74, 6) is 2.03. The lowest BCUT2D eigenvalue weighted by Crippen LogP contribution is -2.49. The molecule has 0 amide bonds. The molecule has 2 aliphatic carbocycles. The van der Waals surface area contributed by atoms with Gasteiger partial charge in [-0.3, -0.25) is 4.79 Å². The van der Waals surface area contributed by atoms with E-state index in [2.05, 4.69) is 27.4 Å². The molecule has 0 unspecified atom stereocenters. The Balaban J connectivity index is 1.73. The number of carbonyl (C=O) groups is 1. The van der Waals surface area contributed by atoms with Crippen LogP contribution in [0.3, 0.4) is 0 Å². The normalized spacial score (nSPS) is 30.7. The number of fused-ring (bicyclic) bond motifs is 1. The summed E-state index contributed by atoms with van der Waals surface area (Å²) in [6.07, 6.45) is 10.1. The highest BCUT2D eigenvalue weighted by Crippen LogP contribution is 2.61. The summed E-state index contributed by atoms with van der Waals surface area (Å²) in [6, 6.07) is 1.92. The van der Waals surface area contributed by atoms with E-state index in [1.54, 1.807) is 6.26 Å². The second-order valence-electron chi connectivity index (χ2n) is 9.34. The maximum absolute atomic E-state index is 11.1. The maximum Gasteiger partial charge on any atom is 0.302 e. The number of ether oxygens (including phenoxy) is 1. The summed E-state index contributed by atoms with van der Waals surface area (Å²) in [6.45, 7) is 13.6. The lowest BCUT2D eigenvalue weighted by Gasteiger charge is -2.58. The molecule has 0 N–H and O–H groups in total. The van der Waals surface area contributed by atoms with Gasteiger partial charge >= 0.3 is 5.97 Å².